The van der Waals surface area contributed by atoms with Gasteiger partial charge in [0.2, 0.25) is 5.91 Å². The average Bonchev–Trinajstić information content (AvgIpc) is 2.37. The van der Waals surface area contributed by atoms with Crippen molar-refractivity contribution in [2.24, 2.45) is 0 Å². The van der Waals surface area contributed by atoms with Gasteiger partial charge in [-0.05, 0) is 38.1 Å². The second-order valence-electron chi connectivity index (χ2n) is 5.73. The second-order valence-corrected chi connectivity index (χ2v) is 6.65. The predicted octanol–water partition coefficient (Wildman–Crippen LogP) is 2.79. The first-order valence-corrected chi connectivity index (χ1v) is 7.33. The molecule has 4 nitrogen and oxygen atoms in total. The van der Waals surface area contributed by atoms with Crippen LogP contribution in [-0.4, -0.2) is 36.0 Å². The number of rotatable bonds is 2. The standard InChI is InChI=1S/C15H18BrN3O/c1-15(2)10-18(3)14(20)13(8-9-17)19(15)12-6-4-11(16)5-7-12/h4-7,13H,8,10H2,1-3H3. The van der Waals surface area contributed by atoms with E-state index in [0.29, 0.717) is 6.54 Å². The maximum Gasteiger partial charge on any atom is 0.246 e. The van der Waals surface area contributed by atoms with E-state index in [1.807, 2.05) is 24.3 Å². The molecule has 1 aliphatic heterocycles. The van der Waals surface area contributed by atoms with Crippen LogP contribution in [0.1, 0.15) is 20.3 Å². The van der Waals surface area contributed by atoms with Crippen LogP contribution >= 0.6 is 15.9 Å². The molecule has 1 saturated heterocycles. The van der Waals surface area contributed by atoms with E-state index in [1.165, 1.54) is 0 Å². The van der Waals surface area contributed by atoms with Crippen LogP contribution in [0, 0.1) is 11.3 Å². The highest BCUT2D eigenvalue weighted by Crippen LogP contribution is 2.33. The molecule has 1 amide bonds. The molecule has 2 rings (SSSR count). The first-order chi connectivity index (χ1) is 9.36. The lowest BCUT2D eigenvalue weighted by Gasteiger charge is -2.51. The van der Waals surface area contributed by atoms with Gasteiger partial charge in [0.15, 0.2) is 0 Å². The van der Waals surface area contributed by atoms with Gasteiger partial charge in [-0.25, -0.2) is 0 Å². The number of nitrogens with zero attached hydrogens (tertiary/aromatic N) is 3. The molecule has 1 aromatic carbocycles. The van der Waals surface area contributed by atoms with E-state index in [0.717, 1.165) is 10.2 Å². The summed E-state index contributed by atoms with van der Waals surface area (Å²) in [4.78, 5) is 16.2. The van der Waals surface area contributed by atoms with E-state index < -0.39 is 6.04 Å². The fourth-order valence-electron chi connectivity index (χ4n) is 2.92. The van der Waals surface area contributed by atoms with E-state index in [-0.39, 0.29) is 17.9 Å². The molecule has 1 aromatic rings. The van der Waals surface area contributed by atoms with Crippen LogP contribution in [0.5, 0.6) is 0 Å². The molecule has 0 saturated carbocycles. The lowest BCUT2D eigenvalue weighted by Crippen LogP contribution is -2.66. The average molecular weight is 336 g/mol. The number of carbonyl (C=O) groups excluding carboxylic acids is 1. The molecule has 1 atom stereocenters. The van der Waals surface area contributed by atoms with Gasteiger partial charge in [0.25, 0.3) is 0 Å². The van der Waals surface area contributed by atoms with Crippen LogP contribution in [0.3, 0.4) is 0 Å². The van der Waals surface area contributed by atoms with E-state index in [2.05, 4.69) is 40.7 Å². The normalized spacial score (nSPS) is 21.8. The zero-order valence-electron chi connectivity index (χ0n) is 11.9. The van der Waals surface area contributed by atoms with Crippen molar-refractivity contribution < 1.29 is 4.79 Å². The van der Waals surface area contributed by atoms with Crippen molar-refractivity contribution in [1.29, 1.82) is 5.26 Å². The third kappa shape index (κ3) is 2.66. The van der Waals surface area contributed by atoms with Crippen LogP contribution in [-0.2, 0) is 4.79 Å². The SMILES string of the molecule is CN1CC(C)(C)N(c2ccc(Br)cc2)C(CC#N)C1=O. The zero-order chi connectivity index (χ0) is 14.9. The van der Waals surface area contributed by atoms with E-state index in [9.17, 15) is 4.79 Å². The molecule has 1 fully saturated rings. The van der Waals surface area contributed by atoms with Crippen LogP contribution in [0.15, 0.2) is 28.7 Å². The molecule has 0 aliphatic carbocycles. The minimum atomic E-state index is -0.421. The van der Waals surface area contributed by atoms with Crippen molar-refractivity contribution in [2.75, 3.05) is 18.5 Å². The molecule has 1 heterocycles. The van der Waals surface area contributed by atoms with Gasteiger partial charge in [0, 0.05) is 23.8 Å². The molecule has 1 aliphatic rings. The number of anilines is 1. The molecule has 0 aromatic heterocycles. The van der Waals surface area contributed by atoms with Crippen molar-refractivity contribution in [3.8, 4) is 6.07 Å². The highest BCUT2D eigenvalue weighted by molar-refractivity contribution is 9.10. The third-order valence-corrected chi connectivity index (χ3v) is 4.17. The van der Waals surface area contributed by atoms with Crippen LogP contribution < -0.4 is 4.90 Å². The topological polar surface area (TPSA) is 47.3 Å². The lowest BCUT2D eigenvalue weighted by molar-refractivity contribution is -0.134. The van der Waals surface area contributed by atoms with Crippen molar-refractivity contribution in [2.45, 2.75) is 31.8 Å². The molecule has 0 spiro atoms. The Labute approximate surface area is 128 Å². The molecule has 20 heavy (non-hydrogen) atoms. The summed E-state index contributed by atoms with van der Waals surface area (Å²) < 4.78 is 0.997. The Bertz CT molecular complexity index is 547. The Morgan fingerprint density at radius 3 is 2.55 bits per heavy atom. The predicted molar refractivity (Wildman–Crippen MR) is 82.4 cm³/mol. The number of benzene rings is 1. The van der Waals surface area contributed by atoms with Gasteiger partial charge < -0.3 is 9.80 Å². The summed E-state index contributed by atoms with van der Waals surface area (Å²) in [5, 5.41) is 9.05. The minimum absolute atomic E-state index is 0.00814. The number of likely N-dealkylation sites (N-methyl/N-ethyl adjacent to an activating group) is 1. The zero-order valence-corrected chi connectivity index (χ0v) is 13.5. The van der Waals surface area contributed by atoms with Crippen molar-refractivity contribution in [3.05, 3.63) is 28.7 Å². The number of amides is 1. The molecule has 106 valence electrons. The van der Waals surface area contributed by atoms with Gasteiger partial charge >= 0.3 is 0 Å². The van der Waals surface area contributed by atoms with Gasteiger partial charge in [-0.1, -0.05) is 15.9 Å². The molecular weight excluding hydrogens is 318 g/mol. The highest BCUT2D eigenvalue weighted by atomic mass is 79.9. The van der Waals surface area contributed by atoms with Gasteiger partial charge in [-0.2, -0.15) is 5.26 Å². The summed E-state index contributed by atoms with van der Waals surface area (Å²) in [7, 11) is 1.80. The van der Waals surface area contributed by atoms with Crippen LogP contribution in [0.25, 0.3) is 0 Å². The first-order valence-electron chi connectivity index (χ1n) is 6.53. The summed E-state index contributed by atoms with van der Waals surface area (Å²) in [5.41, 5.74) is 0.762. The number of halogens is 1. The number of nitriles is 1. The Kier molecular flexibility index (Phi) is 4.05. The van der Waals surface area contributed by atoms with E-state index in [4.69, 9.17) is 5.26 Å². The van der Waals surface area contributed by atoms with Gasteiger partial charge in [-0.15, -0.1) is 0 Å². The number of piperazine rings is 1. The quantitative estimate of drug-likeness (QED) is 0.834. The maximum atomic E-state index is 12.4. The Hall–Kier alpha value is -1.54. The molecular formula is C15H18BrN3O. The summed E-state index contributed by atoms with van der Waals surface area (Å²) in [6.07, 6.45) is 0.197. The second kappa shape index (κ2) is 5.45. The smallest absolute Gasteiger partial charge is 0.246 e. The number of hydrogen-bond donors (Lipinski definition) is 0. The number of carbonyl (C=O) groups is 1. The third-order valence-electron chi connectivity index (χ3n) is 3.64. The minimum Gasteiger partial charge on any atom is -0.352 e. The van der Waals surface area contributed by atoms with Crippen molar-refractivity contribution in [1.82, 2.24) is 4.90 Å². The monoisotopic (exact) mass is 335 g/mol. The Balaban J connectivity index is 2.46. The van der Waals surface area contributed by atoms with Gasteiger partial charge in [0.1, 0.15) is 6.04 Å². The van der Waals surface area contributed by atoms with E-state index >= 15 is 0 Å². The van der Waals surface area contributed by atoms with Crippen LogP contribution in [0.4, 0.5) is 5.69 Å². The summed E-state index contributed by atoms with van der Waals surface area (Å²) >= 11 is 3.42. The highest BCUT2D eigenvalue weighted by Gasteiger charge is 2.43. The maximum absolute atomic E-state index is 12.4. The Morgan fingerprint density at radius 2 is 2.00 bits per heavy atom. The van der Waals surface area contributed by atoms with Crippen LogP contribution in [0.2, 0.25) is 0 Å². The fourth-order valence-corrected chi connectivity index (χ4v) is 3.18. The summed E-state index contributed by atoms with van der Waals surface area (Å²) in [6, 6.07) is 9.59. The first kappa shape index (κ1) is 14.9. The number of hydrogen-bond acceptors (Lipinski definition) is 3. The molecule has 0 bridgehead atoms. The molecule has 1 unspecified atom stereocenters. The summed E-state index contributed by atoms with van der Waals surface area (Å²) in [6.45, 7) is 4.84. The molecule has 5 heteroatoms. The summed E-state index contributed by atoms with van der Waals surface area (Å²) in [5.74, 6) is 0.00814. The fraction of sp³-hybridized carbons (Fsp3) is 0.467. The molecule has 0 N–H and O–H groups in total. The lowest BCUT2D eigenvalue weighted by atomic mass is 9.92. The van der Waals surface area contributed by atoms with E-state index in [1.54, 1.807) is 11.9 Å². The van der Waals surface area contributed by atoms with Gasteiger partial charge in [-0.3, -0.25) is 4.79 Å². The van der Waals surface area contributed by atoms with Crippen molar-refractivity contribution >= 4 is 27.5 Å². The molecule has 0 radical (unpaired) electrons. The van der Waals surface area contributed by atoms with Gasteiger partial charge in [0.05, 0.1) is 18.0 Å². The van der Waals surface area contributed by atoms with Crippen molar-refractivity contribution in [3.63, 3.8) is 0 Å². The Morgan fingerprint density at radius 1 is 1.40 bits per heavy atom. The largest absolute Gasteiger partial charge is 0.352 e.